The summed E-state index contributed by atoms with van der Waals surface area (Å²) in [4.78, 5) is 77.7. The van der Waals surface area contributed by atoms with E-state index in [4.69, 9.17) is 49.1 Å². The summed E-state index contributed by atoms with van der Waals surface area (Å²) in [6.07, 6.45) is -4.49. The highest BCUT2D eigenvalue weighted by molar-refractivity contribution is 5.95. The third kappa shape index (κ3) is 13.8. The van der Waals surface area contributed by atoms with Gasteiger partial charge in [0.1, 0.15) is 61.0 Å². The number of amides is 1. The number of fused-ring (bicyclic) bond motifs is 6. The molecule has 2 saturated carbocycles. The number of aliphatic hydroxyl groups excluding tert-OH is 3. The predicted molar refractivity (Wildman–Crippen MR) is 323 cm³/mol. The van der Waals surface area contributed by atoms with Crippen molar-refractivity contribution < 1.29 is 87.0 Å². The highest BCUT2D eigenvalue weighted by Gasteiger charge is 2.78. The van der Waals surface area contributed by atoms with Gasteiger partial charge in [-0.2, -0.15) is 0 Å². The Morgan fingerprint density at radius 3 is 2.09 bits per heavy atom. The molecule has 9 rings (SSSR count). The van der Waals surface area contributed by atoms with E-state index in [-0.39, 0.29) is 42.1 Å². The fourth-order valence-electron chi connectivity index (χ4n) is 12.2. The lowest BCUT2D eigenvalue weighted by Gasteiger charge is -2.67. The number of nitrogens with one attached hydrogen (secondary N) is 2. The zero-order valence-electron chi connectivity index (χ0n) is 50.8. The fraction of sp³-hybridized carbons (Fsp3) is 0.462. The second-order valence-electron chi connectivity index (χ2n) is 23.6. The first-order chi connectivity index (χ1) is 41.2. The van der Waals surface area contributed by atoms with Gasteiger partial charge in [0.25, 0.3) is 0 Å². The molecule has 2 bridgehead atoms. The largest absolute Gasteiger partial charge is 0.487 e. The molecule has 3 fully saturated rings. The Bertz CT molecular complexity index is 3410. The fourth-order valence-corrected chi connectivity index (χ4v) is 12.2. The predicted octanol–water partition coefficient (Wildman–Crippen LogP) is 7.09. The number of alkyl carbamates (subject to hydrolysis) is 1. The number of ketones is 1. The molecule has 3 aliphatic carbocycles. The van der Waals surface area contributed by atoms with Crippen molar-refractivity contribution in [3.8, 4) is 23.8 Å². The number of aromatic nitrogens is 2. The van der Waals surface area contributed by atoms with Crippen LogP contribution in [-0.2, 0) is 47.5 Å². The van der Waals surface area contributed by atoms with Crippen molar-refractivity contribution in [1.29, 1.82) is 0 Å². The van der Waals surface area contributed by atoms with E-state index in [1.807, 2.05) is 36.4 Å². The average Bonchev–Trinajstić information content (AvgIpc) is 0.673. The summed E-state index contributed by atoms with van der Waals surface area (Å²) >= 11 is 0. The standard InChI is InChI=1S/C43H53NO14.C22H23N3O4.ClH/c1-22-26(55-37(51)32(48)30(24-15-11-9-12-16-24)44-38(52)58-39(3,4)5)20-43(53)35(56-36(50)25-17-13-10-14-18-25)33-41(8,34(49)31(47)29(22)40(43,6)7)27(46)19-28-42(33,21-54-28)57-23(2)45;1-4-16-6-5-7-17(12-16)25-22-18-13-20(28-10-8-26-2)21(29-11-9-27-3)14-19(18)23-15-24-22;/h9-18,26-28,30-33,35,46-48,53H,19-21H2,1-8H3,(H,44,52);1,5-7,12-15H,8-11H2,2-3H3,(H,23,24,25);1H/t26-,27-,28+,30-,31+,32+,33-,35-,41+,42-,43+;;/m0../s1. The molecule has 1 aromatic heterocycles. The summed E-state index contributed by atoms with van der Waals surface area (Å²) in [6, 6.07) is 25.9. The first-order valence-corrected chi connectivity index (χ1v) is 28.4. The van der Waals surface area contributed by atoms with Crippen LogP contribution in [0.5, 0.6) is 11.5 Å². The molecular weight excluding hydrogens is 1160 g/mol. The molecule has 1 amide bonds. The molecule has 1 aliphatic heterocycles. The third-order valence-electron chi connectivity index (χ3n) is 16.7. The number of halogens is 1. The summed E-state index contributed by atoms with van der Waals surface area (Å²) in [5, 5.41) is 55.7. The van der Waals surface area contributed by atoms with E-state index in [1.165, 1.54) is 32.3 Å². The SMILES string of the molecule is C#Cc1cccc(Nc2ncnc3cc(OCCOC)c(OCCOC)cc23)c1.CC(=O)O[C@@]12CO[C@@H]1C[C@H](O)[C@@]1(C)C(=O)[C@H](O)C3=C(C)[C@@H](OC(=O)[C@H](O)[C@@H](NC(=O)OC(C)(C)C)c4ccccc4)C[C@@](O)([C@@H](OC(=O)c4ccccc4)[C@H]21)C3(C)C.Cl. The molecule has 0 spiro atoms. The van der Waals surface area contributed by atoms with Crippen LogP contribution in [0.15, 0.2) is 115 Å². The van der Waals surface area contributed by atoms with Crippen LogP contribution in [0.2, 0.25) is 0 Å². The highest BCUT2D eigenvalue weighted by atomic mass is 35.5. The molecule has 4 aromatic carbocycles. The van der Waals surface area contributed by atoms with Crippen LogP contribution in [-0.4, -0.2) is 161 Å². The number of methoxy groups -OCH3 is 2. The zero-order chi connectivity index (χ0) is 63.2. The lowest BCUT2D eigenvalue weighted by atomic mass is 9.44. The van der Waals surface area contributed by atoms with E-state index in [0.717, 1.165) is 29.1 Å². The molecule has 6 N–H and O–H groups in total. The topological polar surface area (TPSA) is 299 Å². The van der Waals surface area contributed by atoms with Gasteiger partial charge in [-0.3, -0.25) is 9.59 Å². The Hall–Kier alpha value is -7.72. The van der Waals surface area contributed by atoms with Crippen LogP contribution in [0.4, 0.5) is 16.3 Å². The van der Waals surface area contributed by atoms with E-state index in [2.05, 4.69) is 26.5 Å². The lowest BCUT2D eigenvalue weighted by molar-refractivity contribution is -0.346. The molecule has 2 heterocycles. The smallest absolute Gasteiger partial charge is 0.408 e. The van der Waals surface area contributed by atoms with Crippen LogP contribution in [0, 0.1) is 29.1 Å². The maximum absolute atomic E-state index is 14.9. The van der Waals surface area contributed by atoms with Crippen molar-refractivity contribution in [2.24, 2.45) is 16.7 Å². The minimum atomic E-state index is -2.35. The molecule has 4 aliphatic rings. The number of hydrogen-bond acceptors (Lipinski definition) is 21. The minimum Gasteiger partial charge on any atom is -0.487 e. The number of esters is 3. The van der Waals surface area contributed by atoms with Crippen LogP contribution < -0.4 is 20.1 Å². The molecule has 88 heavy (non-hydrogen) atoms. The number of nitrogens with zero attached hydrogens (tertiary/aromatic N) is 2. The van der Waals surface area contributed by atoms with Gasteiger partial charge >= 0.3 is 24.0 Å². The number of terminal acetylenes is 1. The molecule has 22 nitrogen and oxygen atoms in total. The van der Waals surface area contributed by atoms with Crippen LogP contribution in [0.3, 0.4) is 0 Å². The van der Waals surface area contributed by atoms with Gasteiger partial charge in [0, 0.05) is 62.1 Å². The highest BCUT2D eigenvalue weighted by Crippen LogP contribution is 2.64. The molecule has 11 atom stereocenters. The number of rotatable bonds is 18. The van der Waals surface area contributed by atoms with Gasteiger partial charge in [-0.1, -0.05) is 74.4 Å². The van der Waals surface area contributed by atoms with Crippen molar-refractivity contribution in [3.05, 3.63) is 131 Å². The van der Waals surface area contributed by atoms with Crippen molar-refractivity contribution in [2.45, 2.75) is 128 Å². The number of ether oxygens (including phenoxy) is 9. The van der Waals surface area contributed by atoms with Crippen molar-refractivity contribution in [1.82, 2.24) is 15.3 Å². The van der Waals surface area contributed by atoms with Gasteiger partial charge in [-0.15, -0.1) is 18.8 Å². The summed E-state index contributed by atoms with van der Waals surface area (Å²) in [6.45, 7) is 13.5. The van der Waals surface area contributed by atoms with Crippen molar-refractivity contribution >= 4 is 64.6 Å². The molecule has 0 unspecified atom stereocenters. The van der Waals surface area contributed by atoms with Gasteiger partial charge in [0.05, 0.1) is 54.4 Å². The van der Waals surface area contributed by atoms with Gasteiger partial charge < -0.3 is 73.7 Å². The number of carbonyl (C=O) groups is 5. The quantitative estimate of drug-likeness (QED) is 0.0168. The monoisotopic (exact) mass is 1240 g/mol. The lowest BCUT2D eigenvalue weighted by Crippen LogP contribution is -2.81. The maximum atomic E-state index is 14.9. The summed E-state index contributed by atoms with van der Waals surface area (Å²) in [5.74, 6) is -0.920. The molecule has 5 aromatic rings. The number of carbonyl (C=O) groups excluding carboxylic acids is 5. The number of anilines is 2. The Labute approximate surface area is 517 Å². The number of Topliss-reactive ketones (excluding diaryl/α,β-unsaturated/α-hetero) is 1. The Morgan fingerprint density at radius 2 is 1.50 bits per heavy atom. The van der Waals surface area contributed by atoms with Gasteiger partial charge in [-0.05, 0) is 87.7 Å². The summed E-state index contributed by atoms with van der Waals surface area (Å²) in [7, 11) is 3.25. The molecule has 0 radical (unpaired) electrons. The summed E-state index contributed by atoms with van der Waals surface area (Å²) < 4.78 is 51.3. The van der Waals surface area contributed by atoms with Crippen molar-refractivity contribution in [2.75, 3.05) is 52.6 Å². The van der Waals surface area contributed by atoms with E-state index in [9.17, 15) is 44.4 Å². The van der Waals surface area contributed by atoms with Gasteiger partial charge in [-0.25, -0.2) is 24.4 Å². The Kier molecular flexibility index (Phi) is 21.4. The third-order valence-corrected chi connectivity index (χ3v) is 16.7. The average molecular weight is 1240 g/mol. The van der Waals surface area contributed by atoms with Gasteiger partial charge in [0.15, 0.2) is 29.0 Å². The van der Waals surface area contributed by atoms with E-state index in [1.54, 1.807) is 97.4 Å². The van der Waals surface area contributed by atoms with Crippen molar-refractivity contribution in [3.63, 3.8) is 0 Å². The molecule has 23 heteroatoms. The normalized spacial score (nSPS) is 25.7. The van der Waals surface area contributed by atoms with E-state index < -0.39 is 112 Å². The molecular formula is C65H77ClN4O18. The summed E-state index contributed by atoms with van der Waals surface area (Å²) in [5.41, 5.74) is -5.79. The number of hydrogen-bond donors (Lipinski definition) is 6. The Morgan fingerprint density at radius 1 is 0.864 bits per heavy atom. The second kappa shape index (κ2) is 27.8. The van der Waals surface area contributed by atoms with Crippen LogP contribution in [0.25, 0.3) is 10.9 Å². The van der Waals surface area contributed by atoms with Gasteiger partial charge in [0.2, 0.25) is 0 Å². The Balaban J connectivity index is 0.000000308. The van der Waals surface area contributed by atoms with Crippen LogP contribution >= 0.6 is 12.4 Å². The maximum Gasteiger partial charge on any atom is 0.408 e. The van der Waals surface area contributed by atoms with E-state index >= 15 is 0 Å². The first kappa shape index (κ1) is 67.8. The number of aliphatic hydroxyl groups is 4. The zero-order valence-corrected chi connectivity index (χ0v) is 51.6. The first-order valence-electron chi connectivity index (χ1n) is 28.4. The molecule has 472 valence electrons. The molecule has 1 saturated heterocycles. The second-order valence-corrected chi connectivity index (χ2v) is 23.6. The van der Waals surface area contributed by atoms with Crippen LogP contribution in [0.1, 0.15) is 95.8 Å². The van der Waals surface area contributed by atoms with E-state index in [0.29, 0.717) is 49.3 Å². The minimum absolute atomic E-state index is 0. The number of benzene rings is 4.